The fourth-order valence-electron chi connectivity index (χ4n) is 7.25. The topological polar surface area (TPSA) is 66.4 Å². The molecule has 0 saturated heterocycles. The average Bonchev–Trinajstić information content (AvgIpc) is 2.92. The molecule has 4 aliphatic rings. The molecule has 40 heavy (non-hydrogen) atoms. The minimum Gasteiger partial charge on any atom is -0.546 e. The van der Waals surface area contributed by atoms with Gasteiger partial charge in [-0.25, -0.2) is 0 Å². The number of carbonyl (C=O) groups excluding carboxylic acids is 2. The number of benzene rings is 3. The van der Waals surface area contributed by atoms with Crippen LogP contribution >= 0.6 is 0 Å². The highest BCUT2D eigenvalue weighted by molar-refractivity contribution is 7.97. The average molecular weight is 557 g/mol. The van der Waals surface area contributed by atoms with E-state index in [2.05, 4.69) is 106 Å². The van der Waals surface area contributed by atoms with Gasteiger partial charge in [0.15, 0.2) is 14.7 Å². The summed E-state index contributed by atoms with van der Waals surface area (Å²) < 4.78 is 4.89. The third-order valence-electron chi connectivity index (χ3n) is 8.71. The summed E-state index contributed by atoms with van der Waals surface area (Å²) in [5.41, 5.74) is 1.21. The normalized spacial score (nSPS) is 24.8. The molecule has 0 aromatic heterocycles. The van der Waals surface area contributed by atoms with Crippen molar-refractivity contribution >= 4 is 22.8 Å². The first-order valence-electron chi connectivity index (χ1n) is 14.4. The van der Waals surface area contributed by atoms with Gasteiger partial charge in [0, 0.05) is 0 Å². The van der Waals surface area contributed by atoms with Crippen LogP contribution in [0.2, 0.25) is 0 Å². The maximum Gasteiger partial charge on any atom is 0.312 e. The van der Waals surface area contributed by atoms with Gasteiger partial charge in [-0.05, 0) is 104 Å². The lowest BCUT2D eigenvalue weighted by Gasteiger charge is -2.55. The molecule has 3 aromatic rings. The first-order valence-corrected chi connectivity index (χ1v) is 15.7. The predicted molar refractivity (Wildman–Crippen MR) is 157 cm³/mol. The van der Waals surface area contributed by atoms with Crippen molar-refractivity contribution in [2.24, 2.45) is 23.2 Å². The van der Waals surface area contributed by atoms with Crippen LogP contribution in [0.4, 0.5) is 0 Å². The van der Waals surface area contributed by atoms with Crippen LogP contribution in [0.15, 0.2) is 99.6 Å². The molecule has 210 valence electrons. The van der Waals surface area contributed by atoms with Gasteiger partial charge < -0.3 is 14.6 Å². The van der Waals surface area contributed by atoms with Crippen molar-refractivity contribution in [2.75, 3.05) is 6.61 Å². The highest BCUT2D eigenvalue weighted by Gasteiger charge is 2.55. The van der Waals surface area contributed by atoms with Crippen LogP contribution in [0.1, 0.15) is 64.9 Å². The fraction of sp³-hybridized carbons (Fsp3) is 0.429. The summed E-state index contributed by atoms with van der Waals surface area (Å²) in [6.07, 6.45) is 6.49. The summed E-state index contributed by atoms with van der Waals surface area (Å²) in [6, 6.07) is 30.7. The second-order valence-electron chi connectivity index (χ2n) is 12.9. The number of rotatable bonds is 6. The molecule has 0 N–H and O–H groups in total. The van der Waals surface area contributed by atoms with E-state index < -0.39 is 12.6 Å². The van der Waals surface area contributed by atoms with E-state index in [0.29, 0.717) is 17.8 Å². The summed E-state index contributed by atoms with van der Waals surface area (Å²) >= 11 is 0. The minimum absolute atomic E-state index is 0.0497. The number of hydrogen-bond acceptors (Lipinski definition) is 4. The Hall–Kier alpha value is -3.05. The Bertz CT molecular complexity index is 1220. The molecule has 5 heteroatoms. The lowest BCUT2D eigenvalue weighted by Crippen LogP contribution is -2.51. The van der Waals surface area contributed by atoms with Crippen molar-refractivity contribution in [3.05, 3.63) is 90.5 Å². The molecule has 4 fully saturated rings. The molecule has 0 amide bonds. The zero-order valence-electron chi connectivity index (χ0n) is 23.8. The van der Waals surface area contributed by atoms with Gasteiger partial charge in [0.25, 0.3) is 0 Å². The lowest BCUT2D eigenvalue weighted by molar-refractivity contribution is -0.309. The van der Waals surface area contributed by atoms with Crippen molar-refractivity contribution in [1.82, 2.24) is 0 Å². The largest absolute Gasteiger partial charge is 0.546 e. The van der Waals surface area contributed by atoms with Crippen LogP contribution in [0, 0.1) is 23.2 Å². The summed E-state index contributed by atoms with van der Waals surface area (Å²) in [7, 11) is -0.0497. The van der Waals surface area contributed by atoms with E-state index in [-0.39, 0.29) is 27.7 Å². The molecule has 4 saturated carbocycles. The van der Waals surface area contributed by atoms with Gasteiger partial charge >= 0.3 is 5.97 Å². The molecule has 0 aliphatic heterocycles. The maximum atomic E-state index is 12.1. The van der Waals surface area contributed by atoms with Crippen LogP contribution in [0.25, 0.3) is 0 Å². The third kappa shape index (κ3) is 6.46. The van der Waals surface area contributed by atoms with Crippen LogP contribution < -0.4 is 5.11 Å². The molecular formula is C35H40O4S. The molecule has 0 atom stereocenters. The summed E-state index contributed by atoms with van der Waals surface area (Å²) in [6.45, 7) is 6.18. The quantitative estimate of drug-likeness (QED) is 0.254. The van der Waals surface area contributed by atoms with Crippen molar-refractivity contribution in [3.63, 3.8) is 0 Å². The van der Waals surface area contributed by atoms with Gasteiger partial charge in [0.1, 0.15) is 6.61 Å². The molecule has 3 aromatic carbocycles. The van der Waals surface area contributed by atoms with E-state index in [1.807, 2.05) is 0 Å². The smallest absolute Gasteiger partial charge is 0.312 e. The Labute approximate surface area is 241 Å². The molecule has 0 heterocycles. The second-order valence-corrected chi connectivity index (χ2v) is 14.9. The molecular weight excluding hydrogens is 516 g/mol. The molecule has 0 radical (unpaired) electrons. The van der Waals surface area contributed by atoms with E-state index in [4.69, 9.17) is 4.74 Å². The van der Waals surface area contributed by atoms with Gasteiger partial charge in [0.2, 0.25) is 0 Å². The monoisotopic (exact) mass is 556 g/mol. The van der Waals surface area contributed by atoms with E-state index in [1.54, 1.807) is 0 Å². The van der Waals surface area contributed by atoms with Gasteiger partial charge in [-0.1, -0.05) is 69.3 Å². The fourth-order valence-corrected chi connectivity index (χ4v) is 9.33. The first kappa shape index (κ1) is 28.5. The number of carboxylic acid groups (broad SMARTS) is 1. The van der Waals surface area contributed by atoms with Gasteiger partial charge in [0.05, 0.1) is 22.3 Å². The zero-order valence-corrected chi connectivity index (χ0v) is 24.6. The van der Waals surface area contributed by atoms with Crippen molar-refractivity contribution < 1.29 is 19.4 Å². The molecule has 4 nitrogen and oxygen atoms in total. The molecule has 7 rings (SSSR count). The molecule has 4 aliphatic carbocycles. The van der Waals surface area contributed by atoms with Crippen molar-refractivity contribution in [3.8, 4) is 0 Å². The Morgan fingerprint density at radius 1 is 0.750 bits per heavy atom. The minimum atomic E-state index is -1.32. The number of carbonyl (C=O) groups is 2. The standard InChI is InChI=1S/C22H23S.C13H18O4/c1-22(2,3)18-14-16-21(17-15-18)23(19-10-6-4-7-11-19)20-12-8-5-9-13-20;14-11(15)7-17-12(16)13-4-8-1-9(5-13)3-10(2-8)6-13/h4-17H,1-3H3;8-10H,1-7H2,(H,14,15)/q+1;/p-1. The van der Waals surface area contributed by atoms with Crippen LogP contribution in [-0.4, -0.2) is 18.5 Å². The van der Waals surface area contributed by atoms with E-state index >= 15 is 0 Å². The SMILES string of the molecule is CC(C)(C)c1ccc([S+](c2ccccc2)c2ccccc2)cc1.O=C([O-])COC(=O)C12CC3CC(CC(C3)C1)C2. The third-order valence-corrected chi connectivity index (χ3v) is 10.9. The summed E-state index contributed by atoms with van der Waals surface area (Å²) in [4.78, 5) is 26.5. The second kappa shape index (κ2) is 11.8. The van der Waals surface area contributed by atoms with E-state index in [0.717, 1.165) is 19.3 Å². The van der Waals surface area contributed by atoms with Crippen molar-refractivity contribution in [2.45, 2.75) is 79.4 Å². The Morgan fingerprint density at radius 3 is 1.57 bits per heavy atom. The molecule has 0 unspecified atom stereocenters. The summed E-state index contributed by atoms with van der Waals surface area (Å²) in [5, 5.41) is 10.3. The Balaban J connectivity index is 0.000000168. The number of esters is 1. The number of hydrogen-bond donors (Lipinski definition) is 0. The lowest BCUT2D eigenvalue weighted by atomic mass is 9.49. The first-order chi connectivity index (χ1) is 19.1. The highest BCUT2D eigenvalue weighted by atomic mass is 32.2. The van der Waals surface area contributed by atoms with Crippen LogP contribution in [-0.2, 0) is 30.6 Å². The predicted octanol–water partition coefficient (Wildman–Crippen LogP) is 6.58. The number of carboxylic acids is 1. The van der Waals surface area contributed by atoms with Gasteiger partial charge in [-0.3, -0.25) is 4.79 Å². The number of ether oxygens (including phenoxy) is 1. The Morgan fingerprint density at radius 2 is 1.18 bits per heavy atom. The van der Waals surface area contributed by atoms with Gasteiger partial charge in [-0.2, -0.15) is 0 Å². The Kier molecular flexibility index (Phi) is 8.42. The summed E-state index contributed by atoms with van der Waals surface area (Å²) in [5.74, 6) is 0.383. The molecule has 4 bridgehead atoms. The van der Waals surface area contributed by atoms with Gasteiger partial charge in [-0.15, -0.1) is 0 Å². The maximum absolute atomic E-state index is 12.1. The number of aliphatic carboxylic acids is 1. The van der Waals surface area contributed by atoms with Crippen LogP contribution in [0.3, 0.4) is 0 Å². The highest BCUT2D eigenvalue weighted by Crippen LogP contribution is 2.60. The van der Waals surface area contributed by atoms with E-state index in [1.165, 1.54) is 39.5 Å². The van der Waals surface area contributed by atoms with Crippen molar-refractivity contribution in [1.29, 1.82) is 0 Å². The molecule has 0 spiro atoms. The zero-order chi connectivity index (χ0) is 28.3. The van der Waals surface area contributed by atoms with E-state index in [9.17, 15) is 14.7 Å². The van der Waals surface area contributed by atoms with Crippen LogP contribution in [0.5, 0.6) is 0 Å².